The Morgan fingerprint density at radius 3 is 1.76 bits per heavy atom. The Hall–Kier alpha value is -3.63. The van der Waals surface area contributed by atoms with E-state index in [1.54, 1.807) is 16.0 Å². The van der Waals surface area contributed by atoms with E-state index in [0.717, 1.165) is 26.2 Å². The molecule has 2 aromatic carbocycles. The molecule has 2 heterocycles. The first-order valence-corrected chi connectivity index (χ1v) is 11.8. The predicted octanol–water partition coefficient (Wildman–Crippen LogP) is 2.49. The lowest BCUT2D eigenvalue weighted by Gasteiger charge is -2.39. The van der Waals surface area contributed by atoms with E-state index in [2.05, 4.69) is 64.4 Å². The molecule has 0 N–H and O–H groups in total. The lowest BCUT2D eigenvalue weighted by molar-refractivity contribution is -0.136. The van der Waals surface area contributed by atoms with E-state index in [4.69, 9.17) is 0 Å². The fraction of sp³-hybridized carbons (Fsp3) is 0.370. The predicted molar refractivity (Wildman–Crippen MR) is 130 cm³/mol. The highest BCUT2D eigenvalue weighted by Gasteiger charge is 2.28. The molecule has 0 saturated carbocycles. The zero-order chi connectivity index (χ0) is 23.9. The van der Waals surface area contributed by atoms with Crippen LogP contribution in [-0.2, 0) is 9.59 Å². The Balaban J connectivity index is 1.41. The van der Waals surface area contributed by atoms with Crippen LogP contribution in [0.4, 0.5) is 0 Å². The average Bonchev–Trinajstić information content (AvgIpc) is 2.89. The molecule has 2 fully saturated rings. The van der Waals surface area contributed by atoms with Gasteiger partial charge in [0.25, 0.3) is 5.91 Å². The minimum Gasteiger partial charge on any atom is -0.374 e. The van der Waals surface area contributed by atoms with E-state index in [-0.39, 0.29) is 23.4 Å². The number of amides is 2. The van der Waals surface area contributed by atoms with Crippen molar-refractivity contribution in [1.82, 2.24) is 19.6 Å². The van der Waals surface area contributed by atoms with Crippen molar-refractivity contribution >= 4 is 11.8 Å². The van der Waals surface area contributed by atoms with Gasteiger partial charge in [0.05, 0.1) is 6.04 Å². The molecular formula is C27H31N5O2. The van der Waals surface area contributed by atoms with Crippen molar-refractivity contribution in [2.75, 3.05) is 52.4 Å². The van der Waals surface area contributed by atoms with Crippen LogP contribution in [0.1, 0.15) is 24.1 Å². The summed E-state index contributed by atoms with van der Waals surface area (Å²) in [5.41, 5.74) is 2.68. The molecule has 0 aromatic heterocycles. The second-order valence-corrected chi connectivity index (χ2v) is 8.75. The van der Waals surface area contributed by atoms with Crippen molar-refractivity contribution < 1.29 is 9.59 Å². The Morgan fingerprint density at radius 1 is 0.794 bits per heavy atom. The summed E-state index contributed by atoms with van der Waals surface area (Å²) in [7, 11) is 0. The highest BCUT2D eigenvalue weighted by molar-refractivity contribution is 5.97. The zero-order valence-corrected chi connectivity index (χ0v) is 19.6. The van der Waals surface area contributed by atoms with Gasteiger partial charge < -0.3 is 14.7 Å². The zero-order valence-electron chi connectivity index (χ0n) is 19.6. The third-order valence-corrected chi connectivity index (χ3v) is 6.62. The summed E-state index contributed by atoms with van der Waals surface area (Å²) in [4.78, 5) is 32.4. The van der Waals surface area contributed by atoms with Crippen molar-refractivity contribution in [1.29, 1.82) is 5.26 Å². The van der Waals surface area contributed by atoms with Crippen molar-refractivity contribution in [3.05, 3.63) is 83.6 Å². The van der Waals surface area contributed by atoms with Crippen molar-refractivity contribution in [2.45, 2.75) is 13.0 Å². The van der Waals surface area contributed by atoms with Crippen LogP contribution in [0.25, 0.3) is 0 Å². The fourth-order valence-electron chi connectivity index (χ4n) is 4.72. The Labute approximate surface area is 201 Å². The third kappa shape index (κ3) is 5.46. The van der Waals surface area contributed by atoms with E-state index in [0.29, 0.717) is 26.2 Å². The number of hydrogen-bond donors (Lipinski definition) is 0. The fourth-order valence-corrected chi connectivity index (χ4v) is 4.72. The van der Waals surface area contributed by atoms with Gasteiger partial charge in [-0.15, -0.1) is 0 Å². The number of benzene rings is 2. The maximum absolute atomic E-state index is 12.9. The Kier molecular flexibility index (Phi) is 7.61. The van der Waals surface area contributed by atoms with Crippen LogP contribution in [0.5, 0.6) is 0 Å². The first-order valence-electron chi connectivity index (χ1n) is 11.8. The van der Waals surface area contributed by atoms with Crippen LogP contribution < -0.4 is 0 Å². The topological polar surface area (TPSA) is 70.9 Å². The van der Waals surface area contributed by atoms with Crippen LogP contribution in [-0.4, -0.2) is 83.8 Å². The molecule has 0 bridgehead atoms. The molecule has 0 aliphatic carbocycles. The average molecular weight is 458 g/mol. The lowest BCUT2D eigenvalue weighted by atomic mass is 9.96. The molecule has 2 aliphatic rings. The van der Waals surface area contributed by atoms with E-state index in [1.807, 2.05) is 12.1 Å². The molecule has 4 rings (SSSR count). The highest BCUT2D eigenvalue weighted by Crippen LogP contribution is 2.29. The molecule has 7 nitrogen and oxygen atoms in total. The minimum absolute atomic E-state index is 0.0188. The highest BCUT2D eigenvalue weighted by atomic mass is 16.2. The molecule has 0 atom stereocenters. The summed E-state index contributed by atoms with van der Waals surface area (Å²) < 4.78 is 0. The number of hydrogen-bond acceptors (Lipinski definition) is 5. The number of piperazine rings is 2. The van der Waals surface area contributed by atoms with Gasteiger partial charge in [0.15, 0.2) is 0 Å². The van der Waals surface area contributed by atoms with Gasteiger partial charge in [-0.25, -0.2) is 0 Å². The molecule has 2 amide bonds. The second-order valence-electron chi connectivity index (χ2n) is 8.75. The summed E-state index contributed by atoms with van der Waals surface area (Å²) in [5, 5.41) is 9.67. The second kappa shape index (κ2) is 11.0. The van der Waals surface area contributed by atoms with E-state index < -0.39 is 0 Å². The van der Waals surface area contributed by atoms with Crippen molar-refractivity contribution in [3.63, 3.8) is 0 Å². The number of rotatable bonds is 5. The van der Waals surface area contributed by atoms with Gasteiger partial charge in [0, 0.05) is 65.5 Å². The first kappa shape index (κ1) is 23.5. The summed E-state index contributed by atoms with van der Waals surface area (Å²) >= 11 is 0. The van der Waals surface area contributed by atoms with E-state index >= 15 is 0 Å². The van der Waals surface area contributed by atoms with Crippen LogP contribution in [0, 0.1) is 11.3 Å². The standard InChI is InChI=1S/C27H31N5O2/c1-22(33)30-16-18-32(19-17-30)27(34)25(20-28)21-29-12-14-31(15-13-29)26(23-8-4-2-5-9-23)24-10-6-3-7-11-24/h2-11,21,26H,12-19H2,1H3/b25-21-. The maximum Gasteiger partial charge on any atom is 0.266 e. The summed E-state index contributed by atoms with van der Waals surface area (Å²) in [6, 6.07) is 23.3. The van der Waals surface area contributed by atoms with Crippen LogP contribution in [0.2, 0.25) is 0 Å². The molecule has 0 spiro atoms. The molecule has 7 heteroatoms. The van der Waals surface area contributed by atoms with Gasteiger partial charge in [-0.1, -0.05) is 60.7 Å². The normalized spacial score (nSPS) is 17.6. The Morgan fingerprint density at radius 2 is 1.29 bits per heavy atom. The van der Waals surface area contributed by atoms with Crippen molar-refractivity contribution in [3.8, 4) is 6.07 Å². The largest absolute Gasteiger partial charge is 0.374 e. The quantitative estimate of drug-likeness (QED) is 0.510. The SMILES string of the molecule is CC(=O)N1CCN(C(=O)/C(C#N)=C\N2CCN(C(c3ccccc3)c3ccccc3)CC2)CC1. The summed E-state index contributed by atoms with van der Waals surface area (Å²) in [6.45, 7) is 6.63. The smallest absolute Gasteiger partial charge is 0.266 e. The van der Waals surface area contributed by atoms with Gasteiger partial charge in [0.2, 0.25) is 5.91 Å². The summed E-state index contributed by atoms with van der Waals surface area (Å²) in [6.07, 6.45) is 1.72. The molecule has 0 unspecified atom stereocenters. The molecule has 2 aromatic rings. The van der Waals surface area contributed by atoms with Gasteiger partial charge in [-0.05, 0) is 11.1 Å². The number of nitrogens with zero attached hydrogens (tertiary/aromatic N) is 5. The number of carbonyl (C=O) groups excluding carboxylic acids is 2. The van der Waals surface area contributed by atoms with Crippen molar-refractivity contribution in [2.24, 2.45) is 0 Å². The van der Waals surface area contributed by atoms with Gasteiger partial charge in [-0.3, -0.25) is 14.5 Å². The van der Waals surface area contributed by atoms with Gasteiger partial charge >= 0.3 is 0 Å². The van der Waals surface area contributed by atoms with Crippen LogP contribution in [0.3, 0.4) is 0 Å². The van der Waals surface area contributed by atoms with Gasteiger partial charge in [0.1, 0.15) is 11.6 Å². The third-order valence-electron chi connectivity index (χ3n) is 6.62. The maximum atomic E-state index is 12.9. The minimum atomic E-state index is -0.250. The Bertz CT molecular complexity index is 1010. The first-order chi connectivity index (χ1) is 16.6. The number of carbonyl (C=O) groups is 2. The van der Waals surface area contributed by atoms with Gasteiger partial charge in [-0.2, -0.15) is 5.26 Å². The molecule has 2 saturated heterocycles. The molecule has 176 valence electrons. The molecule has 0 radical (unpaired) electrons. The van der Waals surface area contributed by atoms with Crippen LogP contribution >= 0.6 is 0 Å². The molecule has 34 heavy (non-hydrogen) atoms. The number of nitriles is 1. The molecule has 2 aliphatic heterocycles. The monoisotopic (exact) mass is 457 g/mol. The van der Waals surface area contributed by atoms with E-state index in [9.17, 15) is 14.9 Å². The lowest BCUT2D eigenvalue weighted by Crippen LogP contribution is -2.50. The van der Waals surface area contributed by atoms with Crippen LogP contribution in [0.15, 0.2) is 72.4 Å². The van der Waals surface area contributed by atoms with E-state index in [1.165, 1.54) is 18.1 Å². The molecular weight excluding hydrogens is 426 g/mol. The summed E-state index contributed by atoms with van der Waals surface area (Å²) in [5.74, 6) is -0.232.